The van der Waals surface area contributed by atoms with Crippen LogP contribution >= 0.6 is 0 Å². The number of hydrogen-bond donors (Lipinski definition) is 1. The highest BCUT2D eigenvalue weighted by molar-refractivity contribution is 5.39. The van der Waals surface area contributed by atoms with Crippen LogP contribution in [0.15, 0.2) is 12.4 Å². The smallest absolute Gasteiger partial charge is 0.0868 e. The zero-order valence-corrected chi connectivity index (χ0v) is 9.23. The first kappa shape index (κ1) is 9.76. The van der Waals surface area contributed by atoms with E-state index in [0.29, 0.717) is 6.54 Å². The fraction of sp³-hybridized carbons (Fsp3) is 0.400. The van der Waals surface area contributed by atoms with Gasteiger partial charge in [-0.2, -0.15) is 10.2 Å². The van der Waals surface area contributed by atoms with Gasteiger partial charge in [0.1, 0.15) is 0 Å². The second-order valence-electron chi connectivity index (χ2n) is 3.80. The van der Waals surface area contributed by atoms with Crippen LogP contribution in [0.1, 0.15) is 17.0 Å². The zero-order valence-electron chi connectivity index (χ0n) is 9.23. The third kappa shape index (κ3) is 1.86. The molecule has 2 rings (SSSR count). The number of rotatable bonds is 2. The molecule has 0 radical (unpaired) electrons. The zero-order chi connectivity index (χ0) is 11.0. The molecule has 0 aromatic carbocycles. The Hall–Kier alpha value is -1.78. The SMILES string of the molecule is Cc1cn(C)nc1Cn1cc(N)c(C)n1. The summed E-state index contributed by atoms with van der Waals surface area (Å²) in [4.78, 5) is 0. The molecule has 15 heavy (non-hydrogen) atoms. The lowest BCUT2D eigenvalue weighted by atomic mass is 10.3. The van der Waals surface area contributed by atoms with Gasteiger partial charge < -0.3 is 5.73 Å². The quantitative estimate of drug-likeness (QED) is 0.791. The Morgan fingerprint density at radius 2 is 2.00 bits per heavy atom. The van der Waals surface area contributed by atoms with Crippen LogP contribution in [0, 0.1) is 13.8 Å². The van der Waals surface area contributed by atoms with Crippen molar-refractivity contribution in [3.05, 3.63) is 29.3 Å². The summed E-state index contributed by atoms with van der Waals surface area (Å²) < 4.78 is 3.63. The van der Waals surface area contributed by atoms with Gasteiger partial charge in [-0.15, -0.1) is 0 Å². The Kier molecular flexibility index (Phi) is 2.22. The number of aryl methyl sites for hydroxylation is 3. The summed E-state index contributed by atoms with van der Waals surface area (Å²) in [6.45, 7) is 4.61. The highest BCUT2D eigenvalue weighted by Crippen LogP contribution is 2.10. The minimum absolute atomic E-state index is 0.671. The second kappa shape index (κ2) is 3.42. The van der Waals surface area contributed by atoms with Crippen molar-refractivity contribution >= 4 is 5.69 Å². The van der Waals surface area contributed by atoms with Gasteiger partial charge in [0.25, 0.3) is 0 Å². The fourth-order valence-corrected chi connectivity index (χ4v) is 1.58. The molecule has 0 amide bonds. The van der Waals surface area contributed by atoms with Crippen LogP contribution in [0.25, 0.3) is 0 Å². The Bertz CT molecular complexity index is 460. The molecule has 0 unspecified atom stereocenters. The average Bonchev–Trinajstić information content (AvgIpc) is 2.59. The van der Waals surface area contributed by atoms with Crippen LogP contribution in [-0.2, 0) is 13.6 Å². The molecule has 2 heterocycles. The Morgan fingerprint density at radius 3 is 2.47 bits per heavy atom. The highest BCUT2D eigenvalue weighted by Gasteiger charge is 2.06. The van der Waals surface area contributed by atoms with Gasteiger partial charge in [0.05, 0.1) is 23.6 Å². The van der Waals surface area contributed by atoms with Crippen molar-refractivity contribution in [1.29, 1.82) is 0 Å². The monoisotopic (exact) mass is 205 g/mol. The molecule has 80 valence electrons. The third-order valence-corrected chi connectivity index (χ3v) is 2.41. The predicted molar refractivity (Wildman–Crippen MR) is 58.4 cm³/mol. The summed E-state index contributed by atoms with van der Waals surface area (Å²) in [5.41, 5.74) is 9.52. The van der Waals surface area contributed by atoms with Crippen LogP contribution < -0.4 is 5.73 Å². The van der Waals surface area contributed by atoms with Crippen LogP contribution in [0.2, 0.25) is 0 Å². The van der Waals surface area contributed by atoms with E-state index in [1.54, 1.807) is 0 Å². The molecule has 2 aromatic heterocycles. The van der Waals surface area contributed by atoms with Gasteiger partial charge in [-0.05, 0) is 19.4 Å². The first-order valence-corrected chi connectivity index (χ1v) is 4.85. The van der Waals surface area contributed by atoms with E-state index in [-0.39, 0.29) is 0 Å². The van der Waals surface area contributed by atoms with Gasteiger partial charge in [-0.1, -0.05) is 0 Å². The van der Waals surface area contributed by atoms with Gasteiger partial charge in [-0.3, -0.25) is 9.36 Å². The maximum absolute atomic E-state index is 5.73. The average molecular weight is 205 g/mol. The topological polar surface area (TPSA) is 61.7 Å². The molecule has 0 atom stereocenters. The lowest BCUT2D eigenvalue weighted by Gasteiger charge is -1.98. The first-order chi connectivity index (χ1) is 7.06. The lowest BCUT2D eigenvalue weighted by Crippen LogP contribution is -2.03. The predicted octanol–water partition coefficient (Wildman–Crippen LogP) is 0.864. The fourth-order valence-electron chi connectivity index (χ4n) is 1.58. The molecule has 0 saturated heterocycles. The molecule has 5 heteroatoms. The number of anilines is 1. The maximum atomic E-state index is 5.73. The van der Waals surface area contributed by atoms with Crippen molar-refractivity contribution in [2.45, 2.75) is 20.4 Å². The van der Waals surface area contributed by atoms with Crippen molar-refractivity contribution in [2.24, 2.45) is 7.05 Å². The van der Waals surface area contributed by atoms with Crippen molar-refractivity contribution in [2.75, 3.05) is 5.73 Å². The number of aromatic nitrogens is 4. The number of hydrogen-bond acceptors (Lipinski definition) is 3. The lowest BCUT2D eigenvalue weighted by molar-refractivity contribution is 0.644. The molecule has 0 saturated carbocycles. The summed E-state index contributed by atoms with van der Waals surface area (Å²) in [6.07, 6.45) is 3.83. The van der Waals surface area contributed by atoms with Crippen LogP contribution in [-0.4, -0.2) is 19.6 Å². The molecule has 0 aliphatic carbocycles. The van der Waals surface area contributed by atoms with E-state index in [0.717, 1.165) is 17.1 Å². The van der Waals surface area contributed by atoms with Gasteiger partial charge in [0.15, 0.2) is 0 Å². The normalized spacial score (nSPS) is 10.9. The Balaban J connectivity index is 2.25. The molecule has 0 spiro atoms. The molecule has 2 aromatic rings. The highest BCUT2D eigenvalue weighted by atomic mass is 15.3. The van der Waals surface area contributed by atoms with Crippen LogP contribution in [0.4, 0.5) is 5.69 Å². The maximum Gasteiger partial charge on any atom is 0.0868 e. The summed E-state index contributed by atoms with van der Waals surface area (Å²) in [5.74, 6) is 0. The largest absolute Gasteiger partial charge is 0.396 e. The van der Waals surface area contributed by atoms with Gasteiger partial charge in [0, 0.05) is 19.4 Å². The minimum Gasteiger partial charge on any atom is -0.396 e. The van der Waals surface area contributed by atoms with E-state index < -0.39 is 0 Å². The molecule has 0 aliphatic heterocycles. The van der Waals surface area contributed by atoms with Crippen molar-refractivity contribution in [3.8, 4) is 0 Å². The molecule has 5 nitrogen and oxygen atoms in total. The standard InChI is InChI=1S/C10H15N5/c1-7-4-14(3)13-10(7)6-15-5-9(11)8(2)12-15/h4-5H,6,11H2,1-3H3. The summed E-state index contributed by atoms with van der Waals surface area (Å²) in [5, 5.41) is 8.66. The second-order valence-corrected chi connectivity index (χ2v) is 3.80. The van der Waals surface area contributed by atoms with E-state index in [1.807, 2.05) is 42.7 Å². The summed E-state index contributed by atoms with van der Waals surface area (Å²) in [7, 11) is 1.92. The van der Waals surface area contributed by atoms with E-state index in [2.05, 4.69) is 10.2 Å². The number of nitrogen functional groups attached to an aromatic ring is 1. The van der Waals surface area contributed by atoms with Gasteiger partial charge in [-0.25, -0.2) is 0 Å². The Morgan fingerprint density at radius 1 is 1.27 bits per heavy atom. The van der Waals surface area contributed by atoms with Crippen LogP contribution in [0.3, 0.4) is 0 Å². The minimum atomic E-state index is 0.671. The summed E-state index contributed by atoms with van der Waals surface area (Å²) in [6, 6.07) is 0. The van der Waals surface area contributed by atoms with E-state index >= 15 is 0 Å². The summed E-state index contributed by atoms with van der Waals surface area (Å²) >= 11 is 0. The molecule has 2 N–H and O–H groups in total. The van der Waals surface area contributed by atoms with Gasteiger partial charge in [0.2, 0.25) is 0 Å². The van der Waals surface area contributed by atoms with Crippen LogP contribution in [0.5, 0.6) is 0 Å². The number of nitrogens with two attached hydrogens (primary N) is 1. The van der Waals surface area contributed by atoms with Crippen molar-refractivity contribution in [1.82, 2.24) is 19.6 Å². The number of nitrogens with zero attached hydrogens (tertiary/aromatic N) is 4. The van der Waals surface area contributed by atoms with E-state index in [9.17, 15) is 0 Å². The molecule has 0 aliphatic rings. The molecular weight excluding hydrogens is 190 g/mol. The first-order valence-electron chi connectivity index (χ1n) is 4.85. The van der Waals surface area contributed by atoms with E-state index in [1.165, 1.54) is 5.56 Å². The third-order valence-electron chi connectivity index (χ3n) is 2.41. The van der Waals surface area contributed by atoms with Gasteiger partial charge >= 0.3 is 0 Å². The van der Waals surface area contributed by atoms with E-state index in [4.69, 9.17) is 5.73 Å². The molecular formula is C10H15N5. The Labute approximate surface area is 88.5 Å². The van der Waals surface area contributed by atoms with Crippen molar-refractivity contribution < 1.29 is 0 Å². The molecule has 0 bridgehead atoms. The molecule has 0 fully saturated rings. The van der Waals surface area contributed by atoms with Crippen molar-refractivity contribution in [3.63, 3.8) is 0 Å².